The lowest BCUT2D eigenvalue weighted by Crippen LogP contribution is -2.31. The van der Waals surface area contributed by atoms with Crippen molar-refractivity contribution in [3.63, 3.8) is 0 Å². The quantitative estimate of drug-likeness (QED) is 0.668. The Kier molecular flexibility index (Phi) is 3.03. The van der Waals surface area contributed by atoms with Gasteiger partial charge in [0.05, 0.1) is 17.8 Å². The molecule has 0 aliphatic rings. The number of hydrogen-bond acceptors (Lipinski definition) is 4. The van der Waals surface area contributed by atoms with E-state index in [4.69, 9.17) is 10.0 Å². The van der Waals surface area contributed by atoms with Gasteiger partial charge in [-0.25, -0.2) is 0 Å². The van der Waals surface area contributed by atoms with Crippen molar-refractivity contribution in [1.29, 1.82) is 0 Å². The van der Waals surface area contributed by atoms with Gasteiger partial charge in [0.15, 0.2) is 0 Å². The van der Waals surface area contributed by atoms with Crippen LogP contribution >= 0.6 is 0 Å². The molecule has 2 heterocycles. The highest BCUT2D eigenvalue weighted by molar-refractivity contribution is 6.57. The summed E-state index contributed by atoms with van der Waals surface area (Å²) in [5.74, 6) is 0. The van der Waals surface area contributed by atoms with Crippen molar-refractivity contribution in [2.75, 3.05) is 0 Å². The molecular formula is C10H12BN3O2. The maximum atomic E-state index is 8.91. The van der Waals surface area contributed by atoms with Crippen LogP contribution in [0.5, 0.6) is 0 Å². The van der Waals surface area contributed by atoms with E-state index >= 15 is 0 Å². The molecule has 0 bridgehead atoms. The molecule has 0 fully saturated rings. The van der Waals surface area contributed by atoms with Crippen LogP contribution in [0.2, 0.25) is 0 Å². The van der Waals surface area contributed by atoms with E-state index < -0.39 is 7.12 Å². The largest absolute Gasteiger partial charge is 0.510 e. The minimum absolute atomic E-state index is 0.243. The first kappa shape index (κ1) is 10.8. The van der Waals surface area contributed by atoms with E-state index in [1.165, 1.54) is 0 Å². The normalized spacial score (nSPS) is 10.4. The molecular weight excluding hydrogens is 205 g/mol. The van der Waals surface area contributed by atoms with Crippen molar-refractivity contribution in [3.05, 3.63) is 41.9 Å². The van der Waals surface area contributed by atoms with Gasteiger partial charge in [0, 0.05) is 11.9 Å². The summed E-state index contributed by atoms with van der Waals surface area (Å²) in [4.78, 5) is 4.34. The van der Waals surface area contributed by atoms with E-state index in [0.717, 1.165) is 11.4 Å². The van der Waals surface area contributed by atoms with Crippen LogP contribution in [0.15, 0.2) is 30.5 Å². The standard InChI is InChI=1S/C10H12BN3O2/c1-8-3-2-4-9(12-8)7-14-6-5-10(13-14)11(15)16/h2-6,15-16H,7H2,1H3. The Morgan fingerprint density at radius 1 is 1.31 bits per heavy atom. The maximum Gasteiger partial charge on any atom is 0.510 e. The zero-order valence-corrected chi connectivity index (χ0v) is 8.91. The van der Waals surface area contributed by atoms with Gasteiger partial charge in [0.1, 0.15) is 0 Å². The number of aromatic nitrogens is 3. The first-order valence-corrected chi connectivity index (χ1v) is 4.97. The summed E-state index contributed by atoms with van der Waals surface area (Å²) < 4.78 is 1.62. The van der Waals surface area contributed by atoms with E-state index in [1.54, 1.807) is 16.9 Å². The molecule has 0 saturated carbocycles. The summed E-state index contributed by atoms with van der Waals surface area (Å²) in [5.41, 5.74) is 2.09. The monoisotopic (exact) mass is 217 g/mol. The summed E-state index contributed by atoms with van der Waals surface area (Å²) in [7, 11) is -1.52. The zero-order valence-electron chi connectivity index (χ0n) is 8.91. The number of pyridine rings is 1. The van der Waals surface area contributed by atoms with Crippen molar-refractivity contribution in [1.82, 2.24) is 14.8 Å². The average Bonchev–Trinajstić information content (AvgIpc) is 2.66. The van der Waals surface area contributed by atoms with Gasteiger partial charge in [-0.05, 0) is 25.1 Å². The highest BCUT2D eigenvalue weighted by Gasteiger charge is 2.14. The van der Waals surface area contributed by atoms with Crippen LogP contribution in [0.1, 0.15) is 11.4 Å². The van der Waals surface area contributed by atoms with E-state index in [9.17, 15) is 0 Å². The molecule has 16 heavy (non-hydrogen) atoms. The maximum absolute atomic E-state index is 8.91. The molecule has 0 atom stereocenters. The second kappa shape index (κ2) is 4.46. The van der Waals surface area contributed by atoms with Gasteiger partial charge < -0.3 is 10.0 Å². The van der Waals surface area contributed by atoms with Gasteiger partial charge >= 0.3 is 7.12 Å². The predicted molar refractivity (Wildman–Crippen MR) is 60.1 cm³/mol. The third-order valence-corrected chi connectivity index (χ3v) is 2.20. The Morgan fingerprint density at radius 2 is 2.12 bits per heavy atom. The fourth-order valence-corrected chi connectivity index (χ4v) is 1.46. The van der Waals surface area contributed by atoms with Crippen LogP contribution in [-0.2, 0) is 6.54 Å². The molecule has 2 rings (SSSR count). The number of hydrogen-bond donors (Lipinski definition) is 2. The fraction of sp³-hybridized carbons (Fsp3) is 0.200. The molecule has 82 valence electrons. The Morgan fingerprint density at radius 3 is 2.75 bits per heavy atom. The Balaban J connectivity index is 2.14. The van der Waals surface area contributed by atoms with Gasteiger partial charge in [-0.15, -0.1) is 0 Å². The second-order valence-electron chi connectivity index (χ2n) is 3.58. The molecule has 2 aromatic rings. The van der Waals surface area contributed by atoms with Gasteiger partial charge in [-0.2, -0.15) is 5.10 Å². The summed E-state index contributed by atoms with van der Waals surface area (Å²) in [6, 6.07) is 7.34. The van der Waals surface area contributed by atoms with Crippen LogP contribution in [0.25, 0.3) is 0 Å². The van der Waals surface area contributed by atoms with E-state index in [0.29, 0.717) is 6.54 Å². The van der Waals surface area contributed by atoms with Crippen molar-refractivity contribution >= 4 is 12.7 Å². The second-order valence-corrected chi connectivity index (χ2v) is 3.58. The van der Waals surface area contributed by atoms with Crippen LogP contribution in [0.4, 0.5) is 0 Å². The van der Waals surface area contributed by atoms with Crippen molar-refractivity contribution < 1.29 is 10.0 Å². The molecule has 2 aromatic heterocycles. The molecule has 2 N–H and O–H groups in total. The fourth-order valence-electron chi connectivity index (χ4n) is 1.46. The lowest BCUT2D eigenvalue weighted by molar-refractivity contribution is 0.423. The summed E-state index contributed by atoms with van der Waals surface area (Å²) in [6.07, 6.45) is 1.69. The van der Waals surface area contributed by atoms with Crippen LogP contribution in [-0.4, -0.2) is 31.9 Å². The Labute approximate surface area is 93.5 Å². The van der Waals surface area contributed by atoms with Gasteiger partial charge in [0.25, 0.3) is 0 Å². The Hall–Kier alpha value is -1.66. The lowest BCUT2D eigenvalue weighted by Gasteiger charge is -2.02. The van der Waals surface area contributed by atoms with Crippen LogP contribution in [0, 0.1) is 6.92 Å². The van der Waals surface area contributed by atoms with Crippen LogP contribution < -0.4 is 5.59 Å². The van der Waals surface area contributed by atoms with Gasteiger partial charge in [-0.1, -0.05) is 6.07 Å². The van der Waals surface area contributed by atoms with E-state index in [-0.39, 0.29) is 5.59 Å². The lowest BCUT2D eigenvalue weighted by atomic mass is 9.87. The van der Waals surface area contributed by atoms with Crippen molar-refractivity contribution in [2.24, 2.45) is 0 Å². The minimum Gasteiger partial charge on any atom is -0.422 e. The molecule has 0 aliphatic carbocycles. The summed E-state index contributed by atoms with van der Waals surface area (Å²) in [5, 5.41) is 21.8. The molecule has 0 saturated heterocycles. The summed E-state index contributed by atoms with van der Waals surface area (Å²) >= 11 is 0. The predicted octanol–water partition coefficient (Wildman–Crippen LogP) is -0.685. The molecule has 6 heteroatoms. The minimum atomic E-state index is -1.52. The van der Waals surface area contributed by atoms with E-state index in [1.807, 2.05) is 25.1 Å². The molecule has 0 spiro atoms. The van der Waals surface area contributed by atoms with E-state index in [2.05, 4.69) is 10.1 Å². The summed E-state index contributed by atoms with van der Waals surface area (Å²) in [6.45, 7) is 2.45. The van der Waals surface area contributed by atoms with Gasteiger partial charge in [0.2, 0.25) is 0 Å². The van der Waals surface area contributed by atoms with Crippen molar-refractivity contribution in [3.8, 4) is 0 Å². The highest BCUT2D eigenvalue weighted by Crippen LogP contribution is 2.00. The highest BCUT2D eigenvalue weighted by atomic mass is 16.4. The topological polar surface area (TPSA) is 71.2 Å². The smallest absolute Gasteiger partial charge is 0.422 e. The number of rotatable bonds is 3. The SMILES string of the molecule is Cc1cccc(Cn2ccc(B(O)O)n2)n1. The first-order valence-electron chi connectivity index (χ1n) is 4.97. The molecule has 0 aromatic carbocycles. The molecule has 0 aliphatic heterocycles. The molecule has 5 nitrogen and oxygen atoms in total. The Bertz CT molecular complexity index is 484. The zero-order chi connectivity index (χ0) is 11.5. The third-order valence-electron chi connectivity index (χ3n) is 2.20. The molecule has 0 amide bonds. The first-order chi connectivity index (χ1) is 7.65. The number of nitrogens with zero attached hydrogens (tertiary/aromatic N) is 3. The average molecular weight is 217 g/mol. The number of aryl methyl sites for hydroxylation is 1. The third kappa shape index (κ3) is 2.47. The molecule has 0 radical (unpaired) electrons. The van der Waals surface area contributed by atoms with Gasteiger partial charge in [-0.3, -0.25) is 9.67 Å². The molecule has 0 unspecified atom stereocenters. The van der Waals surface area contributed by atoms with Crippen LogP contribution in [0.3, 0.4) is 0 Å². The van der Waals surface area contributed by atoms with Crippen molar-refractivity contribution in [2.45, 2.75) is 13.5 Å².